The Hall–Kier alpha value is -3.22. The van der Waals surface area contributed by atoms with Gasteiger partial charge in [0.05, 0.1) is 11.4 Å². The fourth-order valence-corrected chi connectivity index (χ4v) is 2.63. The number of fused-ring (bicyclic) bond motifs is 1. The van der Waals surface area contributed by atoms with Gasteiger partial charge in [0.1, 0.15) is 0 Å². The molecule has 7 nitrogen and oxygen atoms in total. The van der Waals surface area contributed by atoms with Gasteiger partial charge in [-0.1, -0.05) is 30.3 Å². The van der Waals surface area contributed by atoms with Crippen molar-refractivity contribution in [2.45, 2.75) is 12.8 Å². The van der Waals surface area contributed by atoms with E-state index in [4.69, 9.17) is 0 Å². The maximum absolute atomic E-state index is 12.3. The molecule has 0 aliphatic rings. The Morgan fingerprint density at radius 2 is 1.83 bits per heavy atom. The lowest BCUT2D eigenvalue weighted by Crippen LogP contribution is -2.16. The third kappa shape index (κ3) is 2.71. The number of hydrogen-bond donors (Lipinski definition) is 1. The average Bonchev–Trinajstić information content (AvgIpc) is 3.20. The highest BCUT2D eigenvalue weighted by molar-refractivity contribution is 5.56. The molecule has 0 spiro atoms. The van der Waals surface area contributed by atoms with E-state index in [2.05, 4.69) is 20.2 Å². The van der Waals surface area contributed by atoms with E-state index in [9.17, 15) is 4.79 Å². The van der Waals surface area contributed by atoms with Gasteiger partial charge in [-0.25, -0.2) is 4.98 Å². The van der Waals surface area contributed by atoms with E-state index in [0.717, 1.165) is 23.4 Å². The minimum absolute atomic E-state index is 0.161. The van der Waals surface area contributed by atoms with Crippen molar-refractivity contribution >= 4 is 5.78 Å². The molecule has 120 valence electrons. The third-order valence-corrected chi connectivity index (χ3v) is 3.84. The van der Waals surface area contributed by atoms with E-state index >= 15 is 0 Å². The van der Waals surface area contributed by atoms with Crippen LogP contribution in [-0.2, 0) is 19.9 Å². The number of aromatic amines is 1. The zero-order valence-electron chi connectivity index (χ0n) is 13.2. The Morgan fingerprint density at radius 1 is 1.04 bits per heavy atom. The van der Waals surface area contributed by atoms with E-state index in [1.807, 2.05) is 49.6 Å². The number of hydrogen-bond acceptors (Lipinski definition) is 4. The zero-order valence-corrected chi connectivity index (χ0v) is 13.2. The number of aromatic nitrogens is 6. The second-order valence-electron chi connectivity index (χ2n) is 5.64. The first-order valence-electron chi connectivity index (χ1n) is 7.72. The minimum atomic E-state index is -0.161. The maximum Gasteiger partial charge on any atom is 0.274 e. The summed E-state index contributed by atoms with van der Waals surface area (Å²) in [6, 6.07) is 13.2. The molecule has 0 aliphatic heterocycles. The molecule has 0 unspecified atom stereocenters. The summed E-state index contributed by atoms with van der Waals surface area (Å²) in [5.41, 5.74) is 2.45. The van der Waals surface area contributed by atoms with Crippen molar-refractivity contribution in [3.63, 3.8) is 0 Å². The van der Waals surface area contributed by atoms with Crippen molar-refractivity contribution in [2.24, 2.45) is 7.05 Å². The SMILES string of the molecule is Cn1ccc(CCc2cc(=O)n3[nH]c(-c4ccccc4)nc3n2)n1. The third-order valence-electron chi connectivity index (χ3n) is 3.84. The summed E-state index contributed by atoms with van der Waals surface area (Å²) in [5, 5.41) is 7.34. The lowest BCUT2D eigenvalue weighted by atomic mass is 10.2. The van der Waals surface area contributed by atoms with E-state index in [1.165, 1.54) is 4.52 Å². The van der Waals surface area contributed by atoms with Crippen LogP contribution in [0, 0.1) is 0 Å². The zero-order chi connectivity index (χ0) is 16.5. The molecule has 0 saturated carbocycles. The van der Waals surface area contributed by atoms with Gasteiger partial charge >= 0.3 is 0 Å². The molecule has 3 aromatic heterocycles. The highest BCUT2D eigenvalue weighted by atomic mass is 16.1. The summed E-state index contributed by atoms with van der Waals surface area (Å²) in [6.07, 6.45) is 3.29. The molecule has 0 atom stereocenters. The molecule has 0 saturated heterocycles. The van der Waals surface area contributed by atoms with Gasteiger partial charge < -0.3 is 0 Å². The molecule has 0 fully saturated rings. The Morgan fingerprint density at radius 3 is 2.58 bits per heavy atom. The predicted octanol–water partition coefficient (Wildman–Crippen LogP) is 1.60. The van der Waals surface area contributed by atoms with Crippen LogP contribution in [0.1, 0.15) is 11.4 Å². The largest absolute Gasteiger partial charge is 0.276 e. The number of benzene rings is 1. The second kappa shape index (κ2) is 5.77. The molecule has 1 aromatic carbocycles. The molecular weight excluding hydrogens is 304 g/mol. The Balaban J connectivity index is 1.65. The molecule has 0 radical (unpaired) electrons. The van der Waals surface area contributed by atoms with Crippen LogP contribution in [0.5, 0.6) is 0 Å². The number of rotatable bonds is 4. The average molecular weight is 320 g/mol. The minimum Gasteiger partial charge on any atom is -0.276 e. The van der Waals surface area contributed by atoms with Crippen LogP contribution in [0.2, 0.25) is 0 Å². The Bertz CT molecular complexity index is 1040. The first-order valence-corrected chi connectivity index (χ1v) is 7.72. The van der Waals surface area contributed by atoms with Gasteiger partial charge in [0.15, 0.2) is 5.82 Å². The van der Waals surface area contributed by atoms with Gasteiger partial charge in [-0.2, -0.15) is 14.6 Å². The first kappa shape index (κ1) is 14.4. The van der Waals surface area contributed by atoms with E-state index in [0.29, 0.717) is 18.0 Å². The maximum atomic E-state index is 12.3. The summed E-state index contributed by atoms with van der Waals surface area (Å²) in [7, 11) is 1.88. The molecular formula is C17H16N6O. The van der Waals surface area contributed by atoms with Gasteiger partial charge in [-0.05, 0) is 18.9 Å². The Labute approximate surface area is 137 Å². The fraction of sp³-hybridized carbons (Fsp3) is 0.176. The molecule has 0 bridgehead atoms. The summed E-state index contributed by atoms with van der Waals surface area (Å²) in [6.45, 7) is 0. The predicted molar refractivity (Wildman–Crippen MR) is 89.7 cm³/mol. The topological polar surface area (TPSA) is 80.9 Å². The Kier molecular flexibility index (Phi) is 3.45. The van der Waals surface area contributed by atoms with Crippen LogP contribution in [0.15, 0.2) is 53.5 Å². The van der Waals surface area contributed by atoms with E-state index in [-0.39, 0.29) is 5.56 Å². The fourth-order valence-electron chi connectivity index (χ4n) is 2.63. The first-order chi connectivity index (χ1) is 11.7. The molecule has 0 aliphatic carbocycles. The van der Waals surface area contributed by atoms with Crippen molar-refractivity contribution in [3.8, 4) is 11.4 Å². The summed E-state index contributed by atoms with van der Waals surface area (Å²) < 4.78 is 3.13. The number of nitrogens with zero attached hydrogens (tertiary/aromatic N) is 5. The second-order valence-corrected chi connectivity index (χ2v) is 5.64. The van der Waals surface area contributed by atoms with Crippen molar-refractivity contribution in [1.82, 2.24) is 29.4 Å². The van der Waals surface area contributed by atoms with E-state index < -0.39 is 0 Å². The van der Waals surface area contributed by atoms with Crippen LogP contribution < -0.4 is 5.56 Å². The molecule has 24 heavy (non-hydrogen) atoms. The van der Waals surface area contributed by atoms with Crippen molar-refractivity contribution in [2.75, 3.05) is 0 Å². The van der Waals surface area contributed by atoms with Gasteiger partial charge in [-0.3, -0.25) is 14.6 Å². The van der Waals surface area contributed by atoms with Crippen LogP contribution in [0.3, 0.4) is 0 Å². The molecule has 0 amide bonds. The van der Waals surface area contributed by atoms with Crippen LogP contribution >= 0.6 is 0 Å². The molecule has 4 aromatic rings. The summed E-state index contributed by atoms with van der Waals surface area (Å²) in [4.78, 5) is 21.2. The smallest absolute Gasteiger partial charge is 0.274 e. The normalized spacial score (nSPS) is 11.2. The van der Waals surface area contributed by atoms with E-state index in [1.54, 1.807) is 10.7 Å². The number of nitrogens with one attached hydrogen (secondary N) is 1. The summed E-state index contributed by atoms with van der Waals surface area (Å²) >= 11 is 0. The molecule has 4 rings (SSSR count). The van der Waals surface area contributed by atoms with Gasteiger partial charge in [0.2, 0.25) is 0 Å². The van der Waals surface area contributed by atoms with Gasteiger partial charge in [0.25, 0.3) is 11.3 Å². The van der Waals surface area contributed by atoms with Crippen molar-refractivity contribution in [1.29, 1.82) is 0 Å². The van der Waals surface area contributed by atoms with Gasteiger partial charge in [0, 0.05) is 24.9 Å². The van der Waals surface area contributed by atoms with Crippen LogP contribution in [0.25, 0.3) is 17.2 Å². The quantitative estimate of drug-likeness (QED) is 0.619. The highest BCUT2D eigenvalue weighted by Crippen LogP contribution is 2.14. The lowest BCUT2D eigenvalue weighted by Gasteiger charge is -1.98. The van der Waals surface area contributed by atoms with Crippen molar-refractivity contribution < 1.29 is 0 Å². The number of aryl methyl sites for hydroxylation is 3. The molecule has 7 heteroatoms. The van der Waals surface area contributed by atoms with Crippen molar-refractivity contribution in [3.05, 3.63) is 70.4 Å². The summed E-state index contributed by atoms with van der Waals surface area (Å²) in [5.74, 6) is 1.01. The number of H-pyrrole nitrogens is 1. The molecule has 1 N–H and O–H groups in total. The van der Waals surface area contributed by atoms with Gasteiger partial charge in [-0.15, -0.1) is 0 Å². The lowest BCUT2D eigenvalue weighted by molar-refractivity contribution is 0.733. The molecule has 3 heterocycles. The van der Waals surface area contributed by atoms with Crippen LogP contribution in [0.4, 0.5) is 0 Å². The standard InChI is InChI=1S/C17H16N6O/c1-22-10-9-13(20-22)7-8-14-11-15(24)23-17(18-14)19-16(21-23)12-5-3-2-4-6-12/h2-6,9-11H,7-8H2,1H3,(H,18,19,21). The van der Waals surface area contributed by atoms with Crippen LogP contribution in [-0.4, -0.2) is 29.4 Å². The highest BCUT2D eigenvalue weighted by Gasteiger charge is 2.10. The monoisotopic (exact) mass is 320 g/mol.